The smallest absolute Gasteiger partial charge is 0.292 e. The van der Waals surface area contributed by atoms with Gasteiger partial charge in [0.15, 0.2) is 5.78 Å². The number of rotatable bonds is 5. The molecule has 0 spiro atoms. The van der Waals surface area contributed by atoms with Crippen molar-refractivity contribution in [1.82, 2.24) is 0 Å². The number of hydrogen-bond donors (Lipinski definition) is 1. The molecule has 0 bridgehead atoms. The van der Waals surface area contributed by atoms with E-state index >= 15 is 0 Å². The molecule has 3 rings (SSSR count). The maximum Gasteiger partial charge on any atom is 0.292 e. The molecule has 0 aliphatic rings. The van der Waals surface area contributed by atoms with Crippen LogP contribution in [0.1, 0.15) is 27.0 Å². The highest BCUT2D eigenvalue weighted by Gasteiger charge is 2.18. The van der Waals surface area contributed by atoms with Gasteiger partial charge in [-0.05, 0) is 31.0 Å². The summed E-state index contributed by atoms with van der Waals surface area (Å²) in [5.41, 5.74) is 3.95. The second kappa shape index (κ2) is 7.19. The lowest BCUT2D eigenvalue weighted by Gasteiger charge is -2.16. The number of anilines is 2. The average molecular weight is 346 g/mol. The summed E-state index contributed by atoms with van der Waals surface area (Å²) >= 11 is 0. The SMILES string of the molecule is Cc1ccc(C(=O)c2ccccc2)c(C)c1Nc1ccccc1[N+](=O)[O-]. The van der Waals surface area contributed by atoms with Gasteiger partial charge < -0.3 is 5.32 Å². The largest absolute Gasteiger partial charge is 0.349 e. The Kier molecular flexibility index (Phi) is 4.80. The molecule has 0 fully saturated rings. The highest BCUT2D eigenvalue weighted by molar-refractivity contribution is 6.10. The Labute approximate surface area is 151 Å². The molecule has 0 aromatic heterocycles. The first-order valence-electron chi connectivity index (χ1n) is 8.19. The van der Waals surface area contributed by atoms with Crippen molar-refractivity contribution in [2.75, 3.05) is 5.32 Å². The van der Waals surface area contributed by atoms with Crippen LogP contribution in [0.3, 0.4) is 0 Å². The standard InChI is InChI=1S/C21H18N2O3/c1-14-12-13-17(21(24)16-8-4-3-5-9-16)15(2)20(14)22-18-10-6-7-11-19(18)23(25)26/h3-13,22H,1-2H3. The van der Waals surface area contributed by atoms with Crippen molar-refractivity contribution in [3.05, 3.63) is 99.1 Å². The molecule has 0 saturated heterocycles. The van der Waals surface area contributed by atoms with Gasteiger partial charge in [-0.1, -0.05) is 54.6 Å². The molecule has 0 unspecified atom stereocenters. The number of nitro benzene ring substituents is 1. The lowest BCUT2D eigenvalue weighted by molar-refractivity contribution is -0.383. The first-order chi connectivity index (χ1) is 12.5. The fraction of sp³-hybridized carbons (Fsp3) is 0.0952. The number of para-hydroxylation sites is 2. The molecule has 130 valence electrons. The number of hydrogen-bond acceptors (Lipinski definition) is 4. The number of benzene rings is 3. The number of ketones is 1. The fourth-order valence-corrected chi connectivity index (χ4v) is 2.90. The number of nitrogens with zero attached hydrogens (tertiary/aromatic N) is 1. The van der Waals surface area contributed by atoms with Gasteiger partial charge in [0.1, 0.15) is 5.69 Å². The van der Waals surface area contributed by atoms with Crippen LogP contribution in [0.25, 0.3) is 0 Å². The van der Waals surface area contributed by atoms with Gasteiger partial charge in [-0.2, -0.15) is 0 Å². The van der Waals surface area contributed by atoms with Crippen molar-refractivity contribution in [2.24, 2.45) is 0 Å². The van der Waals surface area contributed by atoms with Crippen molar-refractivity contribution in [3.63, 3.8) is 0 Å². The minimum Gasteiger partial charge on any atom is -0.349 e. The zero-order chi connectivity index (χ0) is 18.7. The number of nitro groups is 1. The molecule has 3 aromatic carbocycles. The molecule has 26 heavy (non-hydrogen) atoms. The quantitative estimate of drug-likeness (QED) is 0.392. The molecular weight excluding hydrogens is 328 g/mol. The van der Waals surface area contributed by atoms with E-state index in [-0.39, 0.29) is 11.5 Å². The molecule has 3 aromatic rings. The Bertz CT molecular complexity index is 982. The monoisotopic (exact) mass is 346 g/mol. The van der Waals surface area contributed by atoms with Gasteiger partial charge in [0, 0.05) is 22.9 Å². The third-order valence-electron chi connectivity index (χ3n) is 4.31. The Morgan fingerprint density at radius 1 is 0.923 bits per heavy atom. The van der Waals surface area contributed by atoms with E-state index in [4.69, 9.17) is 0 Å². The highest BCUT2D eigenvalue weighted by atomic mass is 16.6. The minimum absolute atomic E-state index is 0.00825. The van der Waals surface area contributed by atoms with Gasteiger partial charge in [0.05, 0.1) is 4.92 Å². The Balaban J connectivity index is 2.04. The topological polar surface area (TPSA) is 72.2 Å². The van der Waals surface area contributed by atoms with Crippen molar-refractivity contribution >= 4 is 22.8 Å². The predicted octanol–water partition coefficient (Wildman–Crippen LogP) is 5.19. The minimum atomic E-state index is -0.425. The molecule has 0 radical (unpaired) electrons. The van der Waals surface area contributed by atoms with Gasteiger partial charge in [0.25, 0.3) is 5.69 Å². The van der Waals surface area contributed by atoms with E-state index in [9.17, 15) is 14.9 Å². The average Bonchev–Trinajstić information content (AvgIpc) is 2.65. The van der Waals surface area contributed by atoms with Crippen LogP contribution in [-0.4, -0.2) is 10.7 Å². The summed E-state index contributed by atoms with van der Waals surface area (Å²) in [6.07, 6.45) is 0. The van der Waals surface area contributed by atoms with Crippen LogP contribution in [0.5, 0.6) is 0 Å². The van der Waals surface area contributed by atoms with Crippen LogP contribution in [0.4, 0.5) is 17.1 Å². The Morgan fingerprint density at radius 3 is 2.27 bits per heavy atom. The van der Waals surface area contributed by atoms with Gasteiger partial charge >= 0.3 is 0 Å². The normalized spacial score (nSPS) is 10.4. The zero-order valence-electron chi connectivity index (χ0n) is 14.5. The van der Waals surface area contributed by atoms with Crippen LogP contribution < -0.4 is 5.32 Å². The summed E-state index contributed by atoms with van der Waals surface area (Å²) in [6.45, 7) is 3.75. The summed E-state index contributed by atoms with van der Waals surface area (Å²) in [5, 5.41) is 14.4. The van der Waals surface area contributed by atoms with Gasteiger partial charge in [-0.15, -0.1) is 0 Å². The summed E-state index contributed by atoms with van der Waals surface area (Å²) in [4.78, 5) is 23.7. The highest BCUT2D eigenvalue weighted by Crippen LogP contribution is 2.32. The second-order valence-corrected chi connectivity index (χ2v) is 6.02. The summed E-state index contributed by atoms with van der Waals surface area (Å²) in [6, 6.07) is 19.2. The van der Waals surface area contributed by atoms with E-state index in [1.54, 1.807) is 36.4 Å². The van der Waals surface area contributed by atoms with E-state index in [2.05, 4.69) is 5.32 Å². The van der Waals surface area contributed by atoms with E-state index in [0.717, 1.165) is 11.1 Å². The third-order valence-corrected chi connectivity index (χ3v) is 4.31. The molecule has 0 heterocycles. The molecule has 0 saturated carbocycles. The number of carbonyl (C=O) groups is 1. The number of aryl methyl sites for hydroxylation is 1. The predicted molar refractivity (Wildman–Crippen MR) is 102 cm³/mol. The maximum absolute atomic E-state index is 12.8. The van der Waals surface area contributed by atoms with Crippen molar-refractivity contribution in [2.45, 2.75) is 13.8 Å². The van der Waals surface area contributed by atoms with Gasteiger partial charge in [0.2, 0.25) is 0 Å². The van der Waals surface area contributed by atoms with Crippen molar-refractivity contribution < 1.29 is 9.72 Å². The van der Waals surface area contributed by atoms with Crippen LogP contribution in [0.15, 0.2) is 66.7 Å². The molecule has 5 heteroatoms. The molecule has 0 atom stereocenters. The van der Waals surface area contributed by atoms with Crippen LogP contribution in [0, 0.1) is 24.0 Å². The van der Waals surface area contributed by atoms with Crippen molar-refractivity contribution in [3.8, 4) is 0 Å². The molecule has 0 aliphatic heterocycles. The molecule has 0 amide bonds. The Hall–Kier alpha value is -3.47. The zero-order valence-corrected chi connectivity index (χ0v) is 14.5. The van der Waals surface area contributed by atoms with Crippen molar-refractivity contribution in [1.29, 1.82) is 0 Å². The van der Waals surface area contributed by atoms with E-state index in [1.807, 2.05) is 38.1 Å². The summed E-state index contributed by atoms with van der Waals surface area (Å²) in [5.74, 6) is -0.0753. The fourth-order valence-electron chi connectivity index (χ4n) is 2.90. The van der Waals surface area contributed by atoms with Crippen LogP contribution in [0.2, 0.25) is 0 Å². The number of nitrogens with one attached hydrogen (secondary N) is 1. The van der Waals surface area contributed by atoms with E-state index in [1.165, 1.54) is 6.07 Å². The Morgan fingerprint density at radius 2 is 1.58 bits per heavy atom. The van der Waals surface area contributed by atoms with E-state index < -0.39 is 4.92 Å². The molecule has 1 N–H and O–H groups in total. The summed E-state index contributed by atoms with van der Waals surface area (Å²) in [7, 11) is 0. The lowest BCUT2D eigenvalue weighted by Crippen LogP contribution is -2.07. The summed E-state index contributed by atoms with van der Waals surface area (Å²) < 4.78 is 0. The van der Waals surface area contributed by atoms with Crippen LogP contribution >= 0.6 is 0 Å². The number of carbonyl (C=O) groups excluding carboxylic acids is 1. The maximum atomic E-state index is 12.8. The second-order valence-electron chi connectivity index (χ2n) is 6.02. The third kappa shape index (κ3) is 3.32. The van der Waals surface area contributed by atoms with Gasteiger partial charge in [-0.25, -0.2) is 0 Å². The van der Waals surface area contributed by atoms with E-state index in [0.29, 0.717) is 22.5 Å². The van der Waals surface area contributed by atoms with Gasteiger partial charge in [-0.3, -0.25) is 14.9 Å². The van der Waals surface area contributed by atoms with Crippen LogP contribution in [-0.2, 0) is 0 Å². The molecular formula is C21H18N2O3. The molecule has 5 nitrogen and oxygen atoms in total. The molecule has 0 aliphatic carbocycles. The first-order valence-corrected chi connectivity index (χ1v) is 8.19. The lowest BCUT2D eigenvalue weighted by atomic mass is 9.95. The first kappa shape index (κ1) is 17.4.